The largest absolute Gasteiger partial charge is 0.416 e. The van der Waals surface area contributed by atoms with Crippen molar-refractivity contribution in [3.63, 3.8) is 0 Å². The topological polar surface area (TPSA) is 80.1 Å². The van der Waals surface area contributed by atoms with Gasteiger partial charge in [0.25, 0.3) is 5.56 Å². The van der Waals surface area contributed by atoms with Crippen molar-refractivity contribution in [3.05, 3.63) is 40.2 Å². The minimum Gasteiger partial charge on any atom is -0.348 e. The van der Waals surface area contributed by atoms with Crippen molar-refractivity contribution >= 4 is 50.2 Å². The summed E-state index contributed by atoms with van der Waals surface area (Å²) in [5.41, 5.74) is -0.649. The molecule has 0 unspecified atom stereocenters. The molecule has 2 aromatic heterocycles. The molecule has 0 saturated carbocycles. The van der Waals surface area contributed by atoms with Gasteiger partial charge in [0.15, 0.2) is 15.9 Å². The maximum Gasteiger partial charge on any atom is 0.416 e. The van der Waals surface area contributed by atoms with Gasteiger partial charge in [-0.3, -0.25) is 14.2 Å². The molecule has 0 spiro atoms. The zero-order valence-electron chi connectivity index (χ0n) is 18.0. The Balaban J connectivity index is 1.54. The first kappa shape index (κ1) is 23.6. The fourth-order valence-electron chi connectivity index (χ4n) is 3.56. The molecule has 7 nitrogen and oxygen atoms in total. The number of aromatic nitrogens is 3. The molecule has 3 heterocycles. The molecular formula is C21H22F3N5O2S2. The number of nitrogens with zero attached hydrogens (tertiary/aromatic N) is 4. The summed E-state index contributed by atoms with van der Waals surface area (Å²) in [6, 6.07) is 4.25. The minimum atomic E-state index is -4.50. The lowest BCUT2D eigenvalue weighted by atomic mass is 10.2. The Bertz CT molecular complexity index is 1230. The van der Waals surface area contributed by atoms with Crippen LogP contribution in [0.2, 0.25) is 0 Å². The van der Waals surface area contributed by atoms with E-state index in [1.54, 1.807) is 0 Å². The van der Waals surface area contributed by atoms with Crippen LogP contribution >= 0.6 is 23.1 Å². The Morgan fingerprint density at radius 1 is 1.24 bits per heavy atom. The van der Waals surface area contributed by atoms with Crippen molar-refractivity contribution in [2.45, 2.75) is 44.1 Å². The number of hydrogen-bond acceptors (Lipinski definition) is 7. The number of alkyl halides is 3. The Kier molecular flexibility index (Phi) is 6.66. The van der Waals surface area contributed by atoms with E-state index in [-0.39, 0.29) is 23.0 Å². The maximum atomic E-state index is 13.1. The molecule has 1 aromatic carbocycles. The number of thioether (sulfide) groups is 1. The number of hydrogen-bond donors (Lipinski definition) is 1. The van der Waals surface area contributed by atoms with Gasteiger partial charge in [-0.15, -0.1) is 0 Å². The van der Waals surface area contributed by atoms with Gasteiger partial charge in [0.05, 0.1) is 11.3 Å². The van der Waals surface area contributed by atoms with Crippen LogP contribution in [0.25, 0.3) is 10.3 Å². The molecular weight excluding hydrogens is 475 g/mol. The minimum absolute atomic E-state index is 0.0508. The predicted molar refractivity (Wildman–Crippen MR) is 124 cm³/mol. The third kappa shape index (κ3) is 5.16. The lowest BCUT2D eigenvalue weighted by molar-refractivity contribution is -0.137. The number of halogens is 3. The van der Waals surface area contributed by atoms with E-state index in [1.807, 2.05) is 13.8 Å². The molecule has 33 heavy (non-hydrogen) atoms. The zero-order chi connectivity index (χ0) is 23.8. The average Bonchev–Trinajstić information content (AvgIpc) is 3.41. The summed E-state index contributed by atoms with van der Waals surface area (Å²) in [4.78, 5) is 36.8. The van der Waals surface area contributed by atoms with E-state index in [4.69, 9.17) is 0 Å². The second kappa shape index (κ2) is 9.34. The van der Waals surface area contributed by atoms with Gasteiger partial charge in [-0.05, 0) is 44.9 Å². The smallest absolute Gasteiger partial charge is 0.348 e. The maximum absolute atomic E-state index is 13.1. The summed E-state index contributed by atoms with van der Waals surface area (Å²) >= 11 is 2.38. The highest BCUT2D eigenvalue weighted by Crippen LogP contribution is 2.32. The van der Waals surface area contributed by atoms with Crippen molar-refractivity contribution in [2.75, 3.05) is 29.1 Å². The molecule has 0 bridgehead atoms. The summed E-state index contributed by atoms with van der Waals surface area (Å²) < 4.78 is 40.7. The molecule has 1 amide bonds. The van der Waals surface area contributed by atoms with E-state index < -0.39 is 17.6 Å². The number of rotatable bonds is 6. The van der Waals surface area contributed by atoms with Gasteiger partial charge >= 0.3 is 6.18 Å². The molecule has 12 heteroatoms. The molecule has 4 rings (SSSR count). The quantitative estimate of drug-likeness (QED) is 0.390. The first-order valence-corrected chi connectivity index (χ1v) is 12.2. The fraction of sp³-hybridized carbons (Fsp3) is 0.429. The molecule has 0 atom stereocenters. The van der Waals surface area contributed by atoms with Gasteiger partial charge in [0.1, 0.15) is 4.70 Å². The summed E-state index contributed by atoms with van der Waals surface area (Å²) in [5.74, 6) is -0.621. The first-order valence-electron chi connectivity index (χ1n) is 10.4. The van der Waals surface area contributed by atoms with Crippen LogP contribution in [-0.4, -0.2) is 39.3 Å². The van der Waals surface area contributed by atoms with Crippen LogP contribution in [-0.2, 0) is 11.0 Å². The second-order valence-corrected chi connectivity index (χ2v) is 9.84. The zero-order valence-corrected chi connectivity index (χ0v) is 19.6. The highest BCUT2D eigenvalue weighted by atomic mass is 32.2. The summed E-state index contributed by atoms with van der Waals surface area (Å²) in [6.07, 6.45) is -2.33. The average molecular weight is 498 g/mol. The number of fused-ring (bicyclic) bond motifs is 1. The lowest BCUT2D eigenvalue weighted by Crippen LogP contribution is -2.25. The van der Waals surface area contributed by atoms with Crippen LogP contribution in [0.4, 0.5) is 24.0 Å². The molecule has 0 radical (unpaired) electrons. The molecule has 176 valence electrons. The Morgan fingerprint density at radius 2 is 1.97 bits per heavy atom. The number of carbonyl (C=O) groups excluding carboxylic acids is 1. The predicted octanol–water partition coefficient (Wildman–Crippen LogP) is 4.78. The number of amides is 1. The summed E-state index contributed by atoms with van der Waals surface area (Å²) in [7, 11) is 0. The van der Waals surface area contributed by atoms with Crippen LogP contribution < -0.4 is 15.8 Å². The number of anilines is 2. The Morgan fingerprint density at radius 3 is 2.64 bits per heavy atom. The van der Waals surface area contributed by atoms with Gasteiger partial charge in [-0.2, -0.15) is 18.2 Å². The third-order valence-electron chi connectivity index (χ3n) is 5.12. The summed E-state index contributed by atoms with van der Waals surface area (Å²) in [5, 5.41) is 3.59. The normalized spacial score (nSPS) is 14.4. The molecule has 1 aliphatic rings. The molecule has 1 saturated heterocycles. The second-order valence-electron chi connectivity index (χ2n) is 7.92. The number of carbonyl (C=O) groups is 1. The van der Waals surface area contributed by atoms with Gasteiger partial charge in [-0.25, -0.2) is 4.98 Å². The van der Waals surface area contributed by atoms with Crippen LogP contribution in [0.1, 0.15) is 38.3 Å². The fourth-order valence-corrected chi connectivity index (χ4v) is 5.47. The van der Waals surface area contributed by atoms with Crippen molar-refractivity contribution < 1.29 is 18.0 Å². The number of benzene rings is 1. The lowest BCUT2D eigenvalue weighted by Gasteiger charge is -2.14. The standard InChI is InChI=1S/C21H22F3N5O2S2/c1-12(2)29-18(31)16-17(26-19(33-16)28-8-3-4-9-28)27-20(29)32-11-15(30)25-14-7-5-6-13(10-14)21(22,23)24/h5-7,10,12H,3-4,8-9,11H2,1-2H3,(H,25,30). The molecule has 1 aliphatic heterocycles. The van der Waals surface area contributed by atoms with Crippen molar-refractivity contribution in [3.8, 4) is 0 Å². The van der Waals surface area contributed by atoms with Crippen LogP contribution in [0.3, 0.4) is 0 Å². The van der Waals surface area contributed by atoms with Gasteiger partial charge in [-0.1, -0.05) is 29.2 Å². The van der Waals surface area contributed by atoms with Gasteiger partial charge in [0, 0.05) is 24.8 Å². The highest BCUT2D eigenvalue weighted by molar-refractivity contribution is 7.99. The van der Waals surface area contributed by atoms with Crippen molar-refractivity contribution in [1.82, 2.24) is 14.5 Å². The van der Waals surface area contributed by atoms with Crippen LogP contribution in [0.15, 0.2) is 34.2 Å². The van der Waals surface area contributed by atoms with E-state index >= 15 is 0 Å². The highest BCUT2D eigenvalue weighted by Gasteiger charge is 2.30. The van der Waals surface area contributed by atoms with Crippen molar-refractivity contribution in [2.24, 2.45) is 0 Å². The van der Waals surface area contributed by atoms with Crippen LogP contribution in [0.5, 0.6) is 0 Å². The van der Waals surface area contributed by atoms with Crippen molar-refractivity contribution in [1.29, 1.82) is 0 Å². The molecule has 1 N–H and O–H groups in total. The molecule has 0 aliphatic carbocycles. The van der Waals surface area contributed by atoms with E-state index in [2.05, 4.69) is 20.2 Å². The number of thiazole rings is 1. The van der Waals surface area contributed by atoms with Gasteiger partial charge < -0.3 is 10.2 Å². The van der Waals surface area contributed by atoms with E-state index in [0.29, 0.717) is 15.5 Å². The van der Waals surface area contributed by atoms with E-state index in [9.17, 15) is 22.8 Å². The molecule has 3 aromatic rings. The van der Waals surface area contributed by atoms with Crippen LogP contribution in [0, 0.1) is 0 Å². The van der Waals surface area contributed by atoms with Gasteiger partial charge in [0.2, 0.25) is 5.91 Å². The Hall–Kier alpha value is -2.60. The first-order chi connectivity index (χ1) is 15.6. The Labute approximate surface area is 196 Å². The van der Waals surface area contributed by atoms with E-state index in [0.717, 1.165) is 55.0 Å². The van der Waals surface area contributed by atoms with E-state index in [1.165, 1.54) is 28.0 Å². The number of nitrogens with one attached hydrogen (secondary N) is 1. The summed E-state index contributed by atoms with van der Waals surface area (Å²) in [6.45, 7) is 5.50. The molecule has 1 fully saturated rings. The monoisotopic (exact) mass is 497 g/mol. The third-order valence-corrected chi connectivity index (χ3v) is 7.16. The SMILES string of the molecule is CC(C)n1c(SCC(=O)Nc2cccc(C(F)(F)F)c2)nc2nc(N3CCCC3)sc2c1=O.